The molecule has 0 radical (unpaired) electrons. The van der Waals surface area contributed by atoms with Gasteiger partial charge in [0.15, 0.2) is 0 Å². The van der Waals surface area contributed by atoms with Crippen LogP contribution >= 0.6 is 11.3 Å². The van der Waals surface area contributed by atoms with Gasteiger partial charge in [0.2, 0.25) is 5.82 Å². The molecule has 0 N–H and O–H groups in total. The number of halogens is 24. The Balaban J connectivity index is 0.000000663. The summed E-state index contributed by atoms with van der Waals surface area (Å²) in [6.07, 6.45) is -32.8. The molecule has 0 unspecified atom stereocenters. The van der Waals surface area contributed by atoms with Crippen molar-refractivity contribution in [3.63, 3.8) is 0 Å². The van der Waals surface area contributed by atoms with Gasteiger partial charge in [-0.1, -0.05) is 174 Å². The van der Waals surface area contributed by atoms with E-state index in [1.807, 2.05) is 72.8 Å². The minimum Gasteiger partial charge on any atom is -0.247 e. The standard InChI is InChI=1S/C16H23F3.C12H12F6.C11H10F6.2C11H13F3.C8H10F3N3.C8H13NS.C7H10N2/c1-9(2)13-7-12(16(17,18)19)8-14(10(3)4)15(13)11(5)6;1-6(2)10-7(3)4-8(11(13,14)15)5-9(10)12(16,17)18;1-6(2)8-4-3-7(10(12,13)14)5-9(8)11(15,16)17;1-7(2)9-4-8(3)5-10(6-9)11(12,13)14;1-7(2)9-6-8(3)4-5-10(9)11(12,13)14;1-4(2)6-12-5(3)13-7(14-6)8(9,10)11;1-5(2)8-6(3)9-7(4)10-8;1-6(2)7-8-4-3-5-9-7/h7-11H,1-6H3;4-6H,1-3H3;3-6H,1-2H3;2*4-7H,1-3H3;4H,1-3H3;5H,1-4H3;3-6H,1-2H3. The van der Waals surface area contributed by atoms with Gasteiger partial charge >= 0.3 is 49.4 Å². The number of hydrogen-bond donors (Lipinski definition) is 0. The third kappa shape index (κ3) is 34.7. The summed E-state index contributed by atoms with van der Waals surface area (Å²) in [7, 11) is 0. The second-order valence-corrected chi connectivity index (χ2v) is 31.5. The maximum atomic E-state index is 13.0. The Bertz CT molecular complexity index is 4200. The minimum atomic E-state index is -4.79. The summed E-state index contributed by atoms with van der Waals surface area (Å²) in [6.45, 7) is 47.6. The van der Waals surface area contributed by atoms with Crippen molar-refractivity contribution >= 4 is 11.3 Å². The van der Waals surface area contributed by atoms with Crippen LogP contribution in [0.15, 0.2) is 97.3 Å². The SMILES string of the molecule is CC(C)c1cc(C(F)(F)F)cc(C(C)C)c1C(C)C.CC(C)c1ccc(C(F)(F)F)cc1C(F)(F)F.CC(C)c1ncccn1.Cc1cc(C(C)C)cc(C(F)(F)F)c1.Cc1cc(C(F)(F)F)cc(C(F)(F)F)c1C(C)C.Cc1ccc(C(F)(F)F)c(C(C)C)c1.Cc1nc(C(C)C)nc(C(F)(F)F)n1.Cc1nc(C)c(C(C)C)s1. The zero-order valence-corrected chi connectivity index (χ0v) is 70.0. The Morgan fingerprint density at radius 2 is 0.704 bits per heavy atom. The van der Waals surface area contributed by atoms with Gasteiger partial charge in [0, 0.05) is 29.1 Å². The molecule has 0 aliphatic heterocycles. The van der Waals surface area contributed by atoms with Crippen LogP contribution in [0.4, 0.5) is 105 Å². The Morgan fingerprint density at radius 1 is 0.287 bits per heavy atom. The zero-order valence-electron chi connectivity index (χ0n) is 69.2. The first-order chi connectivity index (χ1) is 51.9. The second-order valence-electron chi connectivity index (χ2n) is 30.2. The Morgan fingerprint density at radius 3 is 1.04 bits per heavy atom. The van der Waals surface area contributed by atoms with E-state index < -0.39 is 106 Å². The number of aromatic nitrogens is 6. The highest BCUT2D eigenvalue weighted by Gasteiger charge is 2.42. The quantitative estimate of drug-likeness (QED) is 0.127. The molecule has 115 heavy (non-hydrogen) atoms. The summed E-state index contributed by atoms with van der Waals surface area (Å²) >= 11 is 1.81. The number of nitrogens with zero attached hydrogens (tertiary/aromatic N) is 6. The first-order valence-electron chi connectivity index (χ1n) is 36.6. The summed E-state index contributed by atoms with van der Waals surface area (Å²) in [6, 6.07) is 15.6. The Labute approximate surface area is 663 Å². The van der Waals surface area contributed by atoms with Crippen molar-refractivity contribution in [2.45, 2.75) is 289 Å². The molecule has 0 saturated heterocycles. The number of rotatable bonds is 10. The van der Waals surface area contributed by atoms with Crippen LogP contribution in [-0.4, -0.2) is 29.9 Å². The molecule has 0 amide bonds. The summed E-state index contributed by atoms with van der Waals surface area (Å²) in [5.41, 5.74) is -0.215. The van der Waals surface area contributed by atoms with Crippen LogP contribution in [0, 0.1) is 41.5 Å². The van der Waals surface area contributed by atoms with E-state index in [4.69, 9.17) is 0 Å². The molecular weight excluding hydrogens is 1580 g/mol. The Kier molecular flexibility index (Phi) is 39.3. The van der Waals surface area contributed by atoms with Crippen molar-refractivity contribution in [2.24, 2.45) is 0 Å². The predicted octanol–water partition coefficient (Wildman–Crippen LogP) is 31.2. The van der Waals surface area contributed by atoms with Gasteiger partial charge in [-0.05, 0) is 194 Å². The van der Waals surface area contributed by atoms with E-state index in [-0.39, 0.29) is 76.0 Å². The highest BCUT2D eigenvalue weighted by Crippen LogP contribution is 2.45. The molecule has 6 nitrogen and oxygen atoms in total. The van der Waals surface area contributed by atoms with Gasteiger partial charge in [-0.25, -0.2) is 29.9 Å². The predicted molar refractivity (Wildman–Crippen MR) is 406 cm³/mol. The van der Waals surface area contributed by atoms with Gasteiger partial charge in [0.1, 0.15) is 17.5 Å². The normalized spacial score (nSPS) is 12.3. The molecule has 5 aromatic carbocycles. The first-order valence-corrected chi connectivity index (χ1v) is 37.4. The molecule has 3 heterocycles. The van der Waals surface area contributed by atoms with Gasteiger partial charge in [-0.3, -0.25) is 0 Å². The maximum absolute atomic E-state index is 13.0. The van der Waals surface area contributed by atoms with Crippen molar-refractivity contribution in [1.82, 2.24) is 29.9 Å². The van der Waals surface area contributed by atoms with Crippen molar-refractivity contribution in [2.75, 3.05) is 0 Å². The average Bonchev–Trinajstić information content (AvgIpc) is 1.33. The summed E-state index contributed by atoms with van der Waals surface area (Å²) in [5.74, 6) is 0.439. The van der Waals surface area contributed by atoms with Gasteiger partial charge in [-0.15, -0.1) is 11.3 Å². The van der Waals surface area contributed by atoms with E-state index in [2.05, 4.69) is 71.4 Å². The van der Waals surface area contributed by atoms with Crippen molar-refractivity contribution < 1.29 is 105 Å². The van der Waals surface area contributed by atoms with Gasteiger partial charge in [0.05, 0.1) is 49.6 Å². The summed E-state index contributed by atoms with van der Waals surface area (Å²) in [4.78, 5) is 24.3. The fraction of sp³-hybridized carbons (Fsp3) is 0.524. The molecule has 3 aromatic heterocycles. The largest absolute Gasteiger partial charge is 0.451 e. The van der Waals surface area contributed by atoms with Crippen LogP contribution < -0.4 is 0 Å². The number of benzene rings is 5. The van der Waals surface area contributed by atoms with Crippen LogP contribution in [0.3, 0.4) is 0 Å². The second kappa shape index (κ2) is 43.0. The lowest BCUT2D eigenvalue weighted by Gasteiger charge is -2.24. The lowest BCUT2D eigenvalue weighted by molar-refractivity contribution is -0.146. The zero-order chi connectivity index (χ0) is 89.9. The lowest BCUT2D eigenvalue weighted by Crippen LogP contribution is -2.15. The Hall–Kier alpha value is -7.86. The van der Waals surface area contributed by atoms with Crippen LogP contribution in [0.5, 0.6) is 0 Å². The molecular formula is C84H104F24N6S. The fourth-order valence-electron chi connectivity index (χ4n) is 11.2. The molecule has 0 aliphatic rings. The number of alkyl halides is 24. The van der Waals surface area contributed by atoms with Gasteiger partial charge in [0.25, 0.3) is 0 Å². The highest BCUT2D eigenvalue weighted by atomic mass is 32.1. The van der Waals surface area contributed by atoms with Crippen molar-refractivity contribution in [1.29, 1.82) is 0 Å². The summed E-state index contributed by atoms with van der Waals surface area (Å²) < 4.78 is 301. The van der Waals surface area contributed by atoms with Crippen LogP contribution in [-0.2, 0) is 49.4 Å². The van der Waals surface area contributed by atoms with E-state index in [0.29, 0.717) is 29.0 Å². The number of thiazole rings is 1. The average molecular weight is 1690 g/mol. The third-order valence-electron chi connectivity index (χ3n) is 16.6. The maximum Gasteiger partial charge on any atom is 0.451 e. The molecule has 644 valence electrons. The smallest absolute Gasteiger partial charge is 0.247 e. The molecule has 31 heteroatoms. The van der Waals surface area contributed by atoms with E-state index >= 15 is 0 Å². The molecule has 0 bridgehead atoms. The molecule has 0 aliphatic carbocycles. The van der Waals surface area contributed by atoms with Crippen LogP contribution in [0.1, 0.15) is 331 Å². The van der Waals surface area contributed by atoms with Crippen LogP contribution in [0.25, 0.3) is 0 Å². The summed E-state index contributed by atoms with van der Waals surface area (Å²) in [5, 5.41) is 1.18. The van der Waals surface area contributed by atoms with Crippen LogP contribution in [0.2, 0.25) is 0 Å². The number of aryl methyl sites for hydroxylation is 6. The molecule has 0 fully saturated rings. The molecule has 8 aromatic rings. The van der Waals surface area contributed by atoms with E-state index in [1.165, 1.54) is 87.5 Å². The van der Waals surface area contributed by atoms with E-state index in [0.717, 1.165) is 51.8 Å². The van der Waals surface area contributed by atoms with Gasteiger partial charge in [-0.2, -0.15) is 105 Å². The van der Waals surface area contributed by atoms with Gasteiger partial charge < -0.3 is 0 Å². The highest BCUT2D eigenvalue weighted by molar-refractivity contribution is 7.11. The van der Waals surface area contributed by atoms with E-state index in [1.54, 1.807) is 66.1 Å². The topological polar surface area (TPSA) is 77.3 Å². The molecule has 0 atom stereocenters. The molecule has 0 saturated carbocycles. The first kappa shape index (κ1) is 105. The number of hydrogen-bond acceptors (Lipinski definition) is 7. The monoisotopic (exact) mass is 1680 g/mol. The van der Waals surface area contributed by atoms with E-state index in [9.17, 15) is 105 Å². The lowest BCUT2D eigenvalue weighted by atomic mass is 9.82. The minimum absolute atomic E-state index is 0.00662. The van der Waals surface area contributed by atoms with Crippen molar-refractivity contribution in [3.8, 4) is 0 Å². The molecule has 0 spiro atoms. The molecule has 8 rings (SSSR count). The fourth-order valence-corrected chi connectivity index (χ4v) is 12.2. The third-order valence-corrected chi connectivity index (χ3v) is 18.0. The van der Waals surface area contributed by atoms with Crippen molar-refractivity contribution in [3.05, 3.63) is 231 Å².